The van der Waals surface area contributed by atoms with Crippen molar-refractivity contribution in [2.24, 2.45) is 11.7 Å². The second kappa shape index (κ2) is 7.07. The Morgan fingerprint density at radius 3 is 2.60 bits per heavy atom. The normalized spacial score (nSPS) is 25.5. The molecule has 1 heterocycles. The van der Waals surface area contributed by atoms with E-state index in [4.69, 9.17) is 5.73 Å². The highest BCUT2D eigenvalue weighted by Gasteiger charge is 2.26. The van der Waals surface area contributed by atoms with Crippen LogP contribution in [-0.2, 0) is 9.59 Å². The first-order chi connectivity index (χ1) is 9.56. The number of carbonyl (C=O) groups excluding carboxylic acids is 2. The summed E-state index contributed by atoms with van der Waals surface area (Å²) in [4.78, 5) is 26.0. The SMILES string of the molecule is CC(CC(=O)N1CCCC(N)C1)NC(=O)C1CCCC1. The zero-order valence-corrected chi connectivity index (χ0v) is 12.4. The molecule has 2 amide bonds. The van der Waals surface area contributed by atoms with Crippen LogP contribution in [0.4, 0.5) is 0 Å². The highest BCUT2D eigenvalue weighted by Crippen LogP contribution is 2.24. The summed E-state index contributed by atoms with van der Waals surface area (Å²) in [5, 5.41) is 2.99. The molecule has 2 atom stereocenters. The van der Waals surface area contributed by atoms with Crippen LogP contribution < -0.4 is 11.1 Å². The predicted octanol–water partition coefficient (Wildman–Crippen LogP) is 1.02. The Labute approximate surface area is 121 Å². The summed E-state index contributed by atoms with van der Waals surface area (Å²) in [5.41, 5.74) is 5.89. The van der Waals surface area contributed by atoms with Crippen LogP contribution >= 0.6 is 0 Å². The summed E-state index contributed by atoms with van der Waals surface area (Å²) in [6.07, 6.45) is 6.65. The van der Waals surface area contributed by atoms with E-state index >= 15 is 0 Å². The lowest BCUT2D eigenvalue weighted by atomic mass is 10.0. The number of nitrogens with one attached hydrogen (secondary N) is 1. The van der Waals surface area contributed by atoms with Crippen molar-refractivity contribution in [2.75, 3.05) is 13.1 Å². The molecule has 0 spiro atoms. The van der Waals surface area contributed by atoms with Gasteiger partial charge in [-0.2, -0.15) is 0 Å². The van der Waals surface area contributed by atoms with Gasteiger partial charge in [0.15, 0.2) is 0 Å². The predicted molar refractivity (Wildman–Crippen MR) is 78.0 cm³/mol. The third kappa shape index (κ3) is 4.20. The largest absolute Gasteiger partial charge is 0.353 e. The van der Waals surface area contributed by atoms with E-state index in [1.807, 2.05) is 11.8 Å². The number of nitrogens with two attached hydrogens (primary N) is 1. The smallest absolute Gasteiger partial charge is 0.224 e. The first-order valence-corrected chi connectivity index (χ1v) is 7.90. The van der Waals surface area contributed by atoms with Gasteiger partial charge >= 0.3 is 0 Å². The van der Waals surface area contributed by atoms with Crippen LogP contribution in [-0.4, -0.2) is 41.9 Å². The zero-order chi connectivity index (χ0) is 14.5. The number of carbonyl (C=O) groups is 2. The fourth-order valence-corrected chi connectivity index (χ4v) is 3.23. The molecule has 5 nitrogen and oxygen atoms in total. The Morgan fingerprint density at radius 2 is 1.95 bits per heavy atom. The van der Waals surface area contributed by atoms with E-state index in [0.717, 1.165) is 45.1 Å². The second-order valence-corrected chi connectivity index (χ2v) is 6.34. The highest BCUT2D eigenvalue weighted by atomic mass is 16.2. The Hall–Kier alpha value is -1.10. The molecule has 2 fully saturated rings. The van der Waals surface area contributed by atoms with Gasteiger partial charge in [-0.1, -0.05) is 12.8 Å². The van der Waals surface area contributed by atoms with Crippen molar-refractivity contribution in [3.8, 4) is 0 Å². The van der Waals surface area contributed by atoms with E-state index in [2.05, 4.69) is 5.32 Å². The summed E-state index contributed by atoms with van der Waals surface area (Å²) in [7, 11) is 0. The molecule has 1 saturated heterocycles. The average molecular weight is 281 g/mol. The molecule has 114 valence electrons. The molecule has 3 N–H and O–H groups in total. The van der Waals surface area contributed by atoms with Crippen LogP contribution in [0.15, 0.2) is 0 Å². The molecular weight excluding hydrogens is 254 g/mol. The lowest BCUT2D eigenvalue weighted by Crippen LogP contribution is -2.47. The van der Waals surface area contributed by atoms with Crippen LogP contribution in [0.5, 0.6) is 0 Å². The Kier molecular flexibility index (Phi) is 5.40. The molecule has 1 aliphatic carbocycles. The van der Waals surface area contributed by atoms with Crippen molar-refractivity contribution in [2.45, 2.75) is 64.0 Å². The number of likely N-dealkylation sites (tertiary alicyclic amines) is 1. The Balaban J connectivity index is 1.74. The minimum atomic E-state index is -0.0891. The topological polar surface area (TPSA) is 75.4 Å². The molecule has 0 radical (unpaired) electrons. The van der Waals surface area contributed by atoms with Gasteiger partial charge in [0, 0.05) is 37.5 Å². The average Bonchev–Trinajstić information content (AvgIpc) is 2.92. The molecule has 0 aromatic heterocycles. The molecule has 2 aliphatic rings. The van der Waals surface area contributed by atoms with Crippen LogP contribution in [0.1, 0.15) is 51.9 Å². The van der Waals surface area contributed by atoms with Gasteiger partial charge in [0.05, 0.1) is 0 Å². The van der Waals surface area contributed by atoms with E-state index in [-0.39, 0.29) is 29.8 Å². The van der Waals surface area contributed by atoms with Gasteiger partial charge in [0.25, 0.3) is 0 Å². The van der Waals surface area contributed by atoms with E-state index < -0.39 is 0 Å². The van der Waals surface area contributed by atoms with Gasteiger partial charge in [0.2, 0.25) is 11.8 Å². The number of amides is 2. The maximum Gasteiger partial charge on any atom is 0.224 e. The van der Waals surface area contributed by atoms with Crippen molar-refractivity contribution >= 4 is 11.8 Å². The fourth-order valence-electron chi connectivity index (χ4n) is 3.23. The molecule has 2 rings (SSSR count). The minimum absolute atomic E-state index is 0.0891. The van der Waals surface area contributed by atoms with Crippen LogP contribution in [0, 0.1) is 5.92 Å². The third-order valence-corrected chi connectivity index (χ3v) is 4.41. The first-order valence-electron chi connectivity index (χ1n) is 7.90. The van der Waals surface area contributed by atoms with E-state index in [1.165, 1.54) is 0 Å². The maximum absolute atomic E-state index is 12.2. The molecule has 2 unspecified atom stereocenters. The van der Waals surface area contributed by atoms with Crippen molar-refractivity contribution in [1.29, 1.82) is 0 Å². The molecular formula is C15H27N3O2. The van der Waals surface area contributed by atoms with Gasteiger partial charge < -0.3 is 16.0 Å². The zero-order valence-electron chi connectivity index (χ0n) is 12.4. The summed E-state index contributed by atoms with van der Waals surface area (Å²) in [6.45, 7) is 3.37. The van der Waals surface area contributed by atoms with E-state index in [0.29, 0.717) is 13.0 Å². The number of nitrogens with zero attached hydrogens (tertiary/aromatic N) is 1. The van der Waals surface area contributed by atoms with E-state index in [1.54, 1.807) is 0 Å². The van der Waals surface area contributed by atoms with Crippen molar-refractivity contribution in [3.05, 3.63) is 0 Å². The first kappa shape index (κ1) is 15.3. The molecule has 1 saturated carbocycles. The lowest BCUT2D eigenvalue weighted by molar-refractivity contribution is -0.133. The van der Waals surface area contributed by atoms with Gasteiger partial charge in [-0.05, 0) is 32.6 Å². The summed E-state index contributed by atoms with van der Waals surface area (Å²) >= 11 is 0. The van der Waals surface area contributed by atoms with Crippen LogP contribution in [0.3, 0.4) is 0 Å². The third-order valence-electron chi connectivity index (χ3n) is 4.41. The molecule has 0 aromatic rings. The fraction of sp³-hybridized carbons (Fsp3) is 0.867. The number of piperidine rings is 1. The highest BCUT2D eigenvalue weighted by molar-refractivity contribution is 5.81. The minimum Gasteiger partial charge on any atom is -0.353 e. The summed E-state index contributed by atoms with van der Waals surface area (Å²) < 4.78 is 0. The molecule has 5 heteroatoms. The Bertz CT molecular complexity index is 353. The van der Waals surface area contributed by atoms with Gasteiger partial charge in [-0.25, -0.2) is 0 Å². The number of rotatable bonds is 4. The van der Waals surface area contributed by atoms with Crippen molar-refractivity contribution in [3.63, 3.8) is 0 Å². The number of hydrogen-bond donors (Lipinski definition) is 2. The van der Waals surface area contributed by atoms with Crippen molar-refractivity contribution < 1.29 is 9.59 Å². The molecule has 0 bridgehead atoms. The molecule has 20 heavy (non-hydrogen) atoms. The van der Waals surface area contributed by atoms with Crippen LogP contribution in [0.25, 0.3) is 0 Å². The lowest BCUT2D eigenvalue weighted by Gasteiger charge is -2.31. The van der Waals surface area contributed by atoms with Crippen molar-refractivity contribution in [1.82, 2.24) is 10.2 Å². The second-order valence-electron chi connectivity index (χ2n) is 6.34. The molecule has 0 aromatic carbocycles. The number of hydrogen-bond acceptors (Lipinski definition) is 3. The monoisotopic (exact) mass is 281 g/mol. The molecule has 1 aliphatic heterocycles. The standard InChI is InChI=1S/C15H27N3O2/c1-11(17-15(20)12-5-2-3-6-12)9-14(19)18-8-4-7-13(16)10-18/h11-13H,2-10,16H2,1H3,(H,17,20). The quantitative estimate of drug-likeness (QED) is 0.808. The summed E-state index contributed by atoms with van der Waals surface area (Å²) in [6, 6.07) is 0.0184. The Morgan fingerprint density at radius 1 is 1.25 bits per heavy atom. The van der Waals surface area contributed by atoms with Crippen LogP contribution in [0.2, 0.25) is 0 Å². The van der Waals surface area contributed by atoms with E-state index in [9.17, 15) is 9.59 Å². The van der Waals surface area contributed by atoms with Gasteiger partial charge in [0.1, 0.15) is 0 Å². The maximum atomic E-state index is 12.2. The van der Waals surface area contributed by atoms with Gasteiger partial charge in [-0.3, -0.25) is 9.59 Å². The van der Waals surface area contributed by atoms with Gasteiger partial charge in [-0.15, -0.1) is 0 Å². The summed E-state index contributed by atoms with van der Waals surface area (Å²) in [5.74, 6) is 0.397.